The lowest BCUT2D eigenvalue weighted by atomic mass is 10.1. The van der Waals surface area contributed by atoms with E-state index in [-0.39, 0.29) is 5.78 Å². The number of carbonyl (C=O) groups excluding carboxylic acids is 1. The first-order chi connectivity index (χ1) is 9.26. The first-order valence-electron chi connectivity index (χ1n) is 6.26. The first-order valence-corrected chi connectivity index (χ1v) is 6.26. The number of rotatable bonds is 5. The van der Waals surface area contributed by atoms with Crippen molar-refractivity contribution in [3.8, 4) is 0 Å². The van der Waals surface area contributed by atoms with Gasteiger partial charge in [0, 0.05) is 25.9 Å². The fourth-order valence-electron chi connectivity index (χ4n) is 2.17. The largest absolute Gasteiger partial charge is 0.378 e. The van der Waals surface area contributed by atoms with Crippen molar-refractivity contribution in [3.05, 3.63) is 29.8 Å². The van der Waals surface area contributed by atoms with Crippen LogP contribution in [-0.4, -0.2) is 45.4 Å². The van der Waals surface area contributed by atoms with Crippen LogP contribution in [-0.2, 0) is 14.3 Å². The number of morpholine rings is 1. The van der Waals surface area contributed by atoms with Crippen molar-refractivity contribution in [2.24, 2.45) is 0 Å². The molecule has 0 radical (unpaired) electrons. The zero-order valence-corrected chi connectivity index (χ0v) is 11.0. The van der Waals surface area contributed by atoms with Crippen molar-refractivity contribution in [2.75, 3.05) is 38.3 Å². The van der Waals surface area contributed by atoms with Gasteiger partial charge in [-0.25, -0.2) is 0 Å². The average Bonchev–Trinajstić information content (AvgIpc) is 2.49. The number of hydrogen-bond acceptors (Lipinski definition) is 5. The third-order valence-electron chi connectivity index (χ3n) is 3.21. The van der Waals surface area contributed by atoms with Crippen molar-refractivity contribution in [3.63, 3.8) is 0 Å². The number of nitrogens with one attached hydrogen (secondary N) is 1. The Labute approximate surface area is 112 Å². The maximum absolute atomic E-state index is 11.5. The predicted molar refractivity (Wildman–Crippen MR) is 73.0 cm³/mol. The van der Waals surface area contributed by atoms with Gasteiger partial charge in [0.15, 0.2) is 0 Å². The number of hydrogen-bond donors (Lipinski definition) is 1. The van der Waals surface area contributed by atoms with E-state index in [9.17, 15) is 4.79 Å². The first kappa shape index (κ1) is 13.7. The summed E-state index contributed by atoms with van der Waals surface area (Å²) in [5.41, 5.74) is 1.89. The zero-order chi connectivity index (χ0) is 13.7. The van der Waals surface area contributed by atoms with Crippen LogP contribution in [0.2, 0.25) is 0 Å². The molecule has 1 aliphatic heterocycles. The normalized spacial score (nSPS) is 17.0. The third kappa shape index (κ3) is 3.19. The van der Waals surface area contributed by atoms with Gasteiger partial charge < -0.3 is 19.8 Å². The van der Waals surface area contributed by atoms with E-state index in [1.165, 1.54) is 7.11 Å². The molecule has 0 spiro atoms. The van der Waals surface area contributed by atoms with E-state index in [0.717, 1.165) is 43.8 Å². The van der Waals surface area contributed by atoms with Gasteiger partial charge in [-0.15, -0.1) is 0 Å². The van der Waals surface area contributed by atoms with Crippen LogP contribution < -0.4 is 4.90 Å². The Kier molecular flexibility index (Phi) is 4.65. The smallest absolute Gasteiger partial charge is 0.206 e. The van der Waals surface area contributed by atoms with E-state index >= 15 is 0 Å². The van der Waals surface area contributed by atoms with Crippen molar-refractivity contribution in [1.29, 1.82) is 5.41 Å². The SMILES string of the molecule is COC(C(=O)C=N)c1ccc(N2CCOCC2)cc1. The Balaban J connectivity index is 2.12. The van der Waals surface area contributed by atoms with E-state index < -0.39 is 6.10 Å². The lowest BCUT2D eigenvalue weighted by Gasteiger charge is -2.29. The fraction of sp³-hybridized carbons (Fsp3) is 0.429. The van der Waals surface area contributed by atoms with Gasteiger partial charge in [0.2, 0.25) is 5.78 Å². The maximum atomic E-state index is 11.5. The summed E-state index contributed by atoms with van der Waals surface area (Å²) in [6.45, 7) is 3.25. The van der Waals surface area contributed by atoms with Crippen molar-refractivity contribution in [2.45, 2.75) is 6.10 Å². The minimum atomic E-state index is -0.684. The highest BCUT2D eigenvalue weighted by Gasteiger charge is 2.18. The van der Waals surface area contributed by atoms with Crippen molar-refractivity contribution >= 4 is 17.7 Å². The molecule has 1 unspecified atom stereocenters. The number of ether oxygens (including phenoxy) is 2. The van der Waals surface area contributed by atoms with Crippen LogP contribution in [0.1, 0.15) is 11.7 Å². The summed E-state index contributed by atoms with van der Waals surface area (Å²) < 4.78 is 10.5. The van der Waals surface area contributed by atoms with E-state index in [2.05, 4.69) is 4.90 Å². The maximum Gasteiger partial charge on any atom is 0.206 e. The number of ketones is 1. The van der Waals surface area contributed by atoms with Gasteiger partial charge >= 0.3 is 0 Å². The Morgan fingerprint density at radius 3 is 2.53 bits per heavy atom. The molecule has 19 heavy (non-hydrogen) atoms. The Bertz CT molecular complexity index is 439. The van der Waals surface area contributed by atoms with Crippen LogP contribution in [0.15, 0.2) is 24.3 Å². The number of nitrogens with zero attached hydrogens (tertiary/aromatic N) is 1. The van der Waals surface area contributed by atoms with Crippen LogP contribution >= 0.6 is 0 Å². The average molecular weight is 262 g/mol. The van der Waals surface area contributed by atoms with Gasteiger partial charge in [-0.3, -0.25) is 4.79 Å². The van der Waals surface area contributed by atoms with Gasteiger partial charge in [0.05, 0.1) is 19.4 Å². The fourth-order valence-corrected chi connectivity index (χ4v) is 2.17. The summed E-state index contributed by atoms with van der Waals surface area (Å²) in [6.07, 6.45) is 0.112. The monoisotopic (exact) mass is 262 g/mol. The Morgan fingerprint density at radius 2 is 2.00 bits per heavy atom. The molecule has 0 saturated carbocycles. The van der Waals surface area contributed by atoms with Gasteiger partial charge in [-0.2, -0.15) is 0 Å². The summed E-state index contributed by atoms with van der Waals surface area (Å²) in [4.78, 5) is 13.8. The number of Topliss-reactive ketones (excluding diaryl/α,β-unsaturated/α-hetero) is 1. The number of methoxy groups -OCH3 is 1. The molecule has 102 valence electrons. The molecule has 5 nitrogen and oxygen atoms in total. The van der Waals surface area contributed by atoms with Gasteiger partial charge in [0.25, 0.3) is 0 Å². The van der Waals surface area contributed by atoms with E-state index in [0.29, 0.717) is 0 Å². The molecular weight excluding hydrogens is 244 g/mol. The highest BCUT2D eigenvalue weighted by atomic mass is 16.5. The number of benzene rings is 1. The molecular formula is C14H18N2O3. The molecule has 1 saturated heterocycles. The highest BCUT2D eigenvalue weighted by Crippen LogP contribution is 2.22. The standard InChI is InChI=1S/C14H18N2O3/c1-18-14(13(17)10-15)11-2-4-12(5-3-11)16-6-8-19-9-7-16/h2-5,10,14-15H,6-9H2,1H3. The van der Waals surface area contributed by atoms with Crippen molar-refractivity contribution < 1.29 is 14.3 Å². The highest BCUT2D eigenvalue weighted by molar-refractivity contribution is 6.28. The Morgan fingerprint density at radius 1 is 1.37 bits per heavy atom. The van der Waals surface area contributed by atoms with Crippen LogP contribution in [0.3, 0.4) is 0 Å². The quantitative estimate of drug-likeness (QED) is 0.815. The van der Waals surface area contributed by atoms with Gasteiger partial charge in [-0.05, 0) is 17.7 Å². The molecule has 5 heteroatoms. The van der Waals surface area contributed by atoms with Gasteiger partial charge in [0.1, 0.15) is 6.10 Å². The molecule has 0 aliphatic carbocycles. The second-order valence-electron chi connectivity index (χ2n) is 4.35. The minimum Gasteiger partial charge on any atom is -0.378 e. The van der Waals surface area contributed by atoms with Crippen molar-refractivity contribution in [1.82, 2.24) is 0 Å². The summed E-state index contributed by atoms with van der Waals surface area (Å²) in [5.74, 6) is -0.346. The molecule has 1 aliphatic rings. The minimum absolute atomic E-state index is 0.346. The number of anilines is 1. The Hall–Kier alpha value is -1.72. The number of carbonyl (C=O) groups is 1. The van der Waals surface area contributed by atoms with Gasteiger partial charge in [-0.1, -0.05) is 12.1 Å². The second-order valence-corrected chi connectivity index (χ2v) is 4.35. The zero-order valence-electron chi connectivity index (χ0n) is 11.0. The lowest BCUT2D eigenvalue weighted by Crippen LogP contribution is -2.36. The molecule has 1 fully saturated rings. The summed E-state index contributed by atoms with van der Waals surface area (Å²) >= 11 is 0. The molecule has 1 N–H and O–H groups in total. The molecule has 1 atom stereocenters. The lowest BCUT2D eigenvalue weighted by molar-refractivity contribution is -0.122. The second kappa shape index (κ2) is 6.45. The topological polar surface area (TPSA) is 62.6 Å². The third-order valence-corrected chi connectivity index (χ3v) is 3.21. The van der Waals surface area contributed by atoms with Crippen LogP contribution in [0.5, 0.6) is 0 Å². The predicted octanol–water partition coefficient (Wildman–Crippen LogP) is 1.43. The molecule has 1 heterocycles. The van der Waals surface area contributed by atoms with E-state index in [1.807, 2.05) is 24.3 Å². The van der Waals surface area contributed by atoms with E-state index in [1.54, 1.807) is 0 Å². The molecule has 0 bridgehead atoms. The molecule has 0 aromatic heterocycles. The molecule has 1 aromatic rings. The molecule has 1 aromatic carbocycles. The van der Waals surface area contributed by atoms with Crippen LogP contribution in [0, 0.1) is 5.41 Å². The van der Waals surface area contributed by atoms with Crippen LogP contribution in [0.4, 0.5) is 5.69 Å². The molecule has 2 rings (SSSR count). The van der Waals surface area contributed by atoms with E-state index in [4.69, 9.17) is 14.9 Å². The molecule has 0 amide bonds. The summed E-state index contributed by atoms with van der Waals surface area (Å²) in [5, 5.41) is 7.02. The summed E-state index contributed by atoms with van der Waals surface area (Å²) in [6, 6.07) is 7.70. The van der Waals surface area contributed by atoms with Crippen LogP contribution in [0.25, 0.3) is 0 Å². The summed E-state index contributed by atoms with van der Waals surface area (Å²) in [7, 11) is 1.47.